The molecule has 0 saturated heterocycles. The van der Waals surface area contributed by atoms with Crippen molar-refractivity contribution in [2.45, 2.75) is 60.0 Å². The highest BCUT2D eigenvalue weighted by Gasteiger charge is 2.18. The molecule has 0 rings (SSSR count). The quantitative estimate of drug-likeness (QED) is 0.687. The van der Waals surface area contributed by atoms with E-state index in [2.05, 4.69) is 58.8 Å². The van der Waals surface area contributed by atoms with Crippen molar-refractivity contribution in [2.24, 2.45) is 11.8 Å². The molecule has 0 aliphatic carbocycles. The molecule has 0 aromatic carbocycles. The molecule has 2 nitrogen and oxygen atoms in total. The Kier molecular flexibility index (Phi) is 8.04. The fraction of sp³-hybridized carbons (Fsp3) is 1.00. The molecule has 0 spiro atoms. The Morgan fingerprint density at radius 2 is 1.62 bits per heavy atom. The van der Waals surface area contributed by atoms with Crippen molar-refractivity contribution in [3.05, 3.63) is 0 Å². The van der Waals surface area contributed by atoms with E-state index < -0.39 is 0 Å². The molecular formula is C14H32N2. The lowest BCUT2D eigenvalue weighted by Gasteiger charge is -2.32. The minimum absolute atomic E-state index is 0.592. The van der Waals surface area contributed by atoms with Crippen molar-refractivity contribution in [1.29, 1.82) is 0 Å². The smallest absolute Gasteiger partial charge is 0.0102 e. The van der Waals surface area contributed by atoms with Crippen LogP contribution in [-0.2, 0) is 0 Å². The van der Waals surface area contributed by atoms with E-state index in [-0.39, 0.29) is 0 Å². The summed E-state index contributed by atoms with van der Waals surface area (Å²) in [6, 6.07) is 1.25. The maximum Gasteiger partial charge on any atom is 0.0102 e. The second kappa shape index (κ2) is 8.08. The van der Waals surface area contributed by atoms with Gasteiger partial charge in [-0.1, -0.05) is 41.0 Å². The van der Waals surface area contributed by atoms with Gasteiger partial charge in [-0.05, 0) is 32.4 Å². The Balaban J connectivity index is 3.95. The highest BCUT2D eigenvalue weighted by atomic mass is 15.1. The first-order chi connectivity index (χ1) is 7.38. The van der Waals surface area contributed by atoms with Gasteiger partial charge in [0, 0.05) is 18.6 Å². The second-order valence-electron chi connectivity index (χ2n) is 5.73. The third-order valence-electron chi connectivity index (χ3n) is 3.66. The summed E-state index contributed by atoms with van der Waals surface area (Å²) in [7, 11) is 2.25. The predicted molar refractivity (Wildman–Crippen MR) is 73.8 cm³/mol. The Labute approximate surface area is 103 Å². The molecule has 0 saturated carbocycles. The zero-order chi connectivity index (χ0) is 12.7. The van der Waals surface area contributed by atoms with Crippen molar-refractivity contribution in [3.63, 3.8) is 0 Å². The largest absolute Gasteiger partial charge is 0.314 e. The van der Waals surface area contributed by atoms with Crippen LogP contribution in [0.25, 0.3) is 0 Å². The highest BCUT2D eigenvalue weighted by Crippen LogP contribution is 2.12. The number of hydrogen-bond donors (Lipinski definition) is 1. The number of nitrogens with one attached hydrogen (secondary N) is 1. The van der Waals surface area contributed by atoms with E-state index in [1.54, 1.807) is 0 Å². The first kappa shape index (κ1) is 15.9. The third kappa shape index (κ3) is 6.49. The lowest BCUT2D eigenvalue weighted by atomic mass is 10.00. The van der Waals surface area contributed by atoms with Crippen LogP contribution in [0.1, 0.15) is 48.0 Å². The van der Waals surface area contributed by atoms with Gasteiger partial charge in [0.15, 0.2) is 0 Å². The van der Waals surface area contributed by atoms with Crippen LogP contribution >= 0.6 is 0 Å². The van der Waals surface area contributed by atoms with Gasteiger partial charge >= 0.3 is 0 Å². The fourth-order valence-corrected chi connectivity index (χ4v) is 1.81. The molecule has 0 fully saturated rings. The van der Waals surface area contributed by atoms with Gasteiger partial charge in [0.1, 0.15) is 0 Å². The zero-order valence-electron chi connectivity index (χ0n) is 12.4. The molecule has 0 bridgehead atoms. The lowest BCUT2D eigenvalue weighted by Crippen LogP contribution is -2.41. The average Bonchev–Trinajstić information content (AvgIpc) is 2.24. The Hall–Kier alpha value is -0.0800. The van der Waals surface area contributed by atoms with Crippen LogP contribution in [0.4, 0.5) is 0 Å². The normalized spacial score (nSPS) is 17.8. The molecule has 3 atom stereocenters. The Morgan fingerprint density at radius 1 is 1.06 bits per heavy atom. The van der Waals surface area contributed by atoms with Crippen molar-refractivity contribution in [2.75, 3.05) is 20.1 Å². The van der Waals surface area contributed by atoms with Gasteiger partial charge in [-0.15, -0.1) is 0 Å². The minimum atomic E-state index is 0.592. The zero-order valence-corrected chi connectivity index (χ0v) is 12.4. The Bertz CT molecular complexity index is 168. The van der Waals surface area contributed by atoms with Crippen LogP contribution in [0, 0.1) is 11.8 Å². The molecular weight excluding hydrogens is 196 g/mol. The number of hydrogen-bond acceptors (Lipinski definition) is 2. The van der Waals surface area contributed by atoms with Crippen molar-refractivity contribution >= 4 is 0 Å². The van der Waals surface area contributed by atoms with E-state index in [9.17, 15) is 0 Å². The van der Waals surface area contributed by atoms with Crippen LogP contribution < -0.4 is 5.32 Å². The van der Waals surface area contributed by atoms with Gasteiger partial charge in [0.25, 0.3) is 0 Å². The molecule has 0 amide bonds. The lowest BCUT2D eigenvalue weighted by molar-refractivity contribution is 0.171. The summed E-state index contributed by atoms with van der Waals surface area (Å²) < 4.78 is 0. The Morgan fingerprint density at radius 3 is 2.06 bits per heavy atom. The standard InChI is InChI=1S/C14H32N2/c1-8-12(4)10-16(7)14(6)13(5)9-15-11(2)3/h11-15H,8-10H2,1-7H3. The maximum absolute atomic E-state index is 3.52. The van der Waals surface area contributed by atoms with Crippen LogP contribution in [-0.4, -0.2) is 37.1 Å². The first-order valence-corrected chi connectivity index (χ1v) is 6.82. The molecule has 0 aliphatic heterocycles. The molecule has 1 N–H and O–H groups in total. The fourth-order valence-electron chi connectivity index (χ4n) is 1.81. The van der Waals surface area contributed by atoms with Crippen molar-refractivity contribution in [3.8, 4) is 0 Å². The van der Waals surface area contributed by atoms with Crippen LogP contribution in [0.15, 0.2) is 0 Å². The topological polar surface area (TPSA) is 15.3 Å². The minimum Gasteiger partial charge on any atom is -0.314 e. The summed E-state index contributed by atoms with van der Waals surface area (Å²) >= 11 is 0. The van der Waals surface area contributed by atoms with E-state index in [0.29, 0.717) is 18.0 Å². The summed E-state index contributed by atoms with van der Waals surface area (Å²) in [6.45, 7) is 16.0. The predicted octanol–water partition coefficient (Wildman–Crippen LogP) is 2.99. The molecule has 16 heavy (non-hydrogen) atoms. The van der Waals surface area contributed by atoms with Crippen molar-refractivity contribution in [1.82, 2.24) is 10.2 Å². The van der Waals surface area contributed by atoms with E-state index in [1.807, 2.05) is 0 Å². The highest BCUT2D eigenvalue weighted by molar-refractivity contribution is 4.74. The van der Waals surface area contributed by atoms with Gasteiger partial charge in [-0.25, -0.2) is 0 Å². The monoisotopic (exact) mass is 228 g/mol. The third-order valence-corrected chi connectivity index (χ3v) is 3.66. The van der Waals surface area contributed by atoms with E-state index in [4.69, 9.17) is 0 Å². The molecule has 0 radical (unpaired) electrons. The summed E-state index contributed by atoms with van der Waals surface area (Å²) in [5, 5.41) is 3.52. The van der Waals surface area contributed by atoms with Crippen molar-refractivity contribution < 1.29 is 0 Å². The van der Waals surface area contributed by atoms with E-state index in [1.165, 1.54) is 13.0 Å². The van der Waals surface area contributed by atoms with Gasteiger partial charge in [0.05, 0.1) is 0 Å². The summed E-state index contributed by atoms with van der Waals surface area (Å²) in [5.74, 6) is 1.51. The SMILES string of the molecule is CCC(C)CN(C)C(C)C(C)CNC(C)C. The van der Waals surface area contributed by atoms with E-state index in [0.717, 1.165) is 12.5 Å². The number of nitrogens with zero attached hydrogens (tertiary/aromatic N) is 1. The van der Waals surface area contributed by atoms with Crippen LogP contribution in [0.3, 0.4) is 0 Å². The summed E-state index contributed by atoms with van der Waals surface area (Å²) in [5.41, 5.74) is 0. The average molecular weight is 228 g/mol. The van der Waals surface area contributed by atoms with Gasteiger partial charge in [-0.2, -0.15) is 0 Å². The molecule has 0 aromatic heterocycles. The van der Waals surface area contributed by atoms with E-state index >= 15 is 0 Å². The summed E-state index contributed by atoms with van der Waals surface area (Å²) in [6.07, 6.45) is 1.27. The second-order valence-corrected chi connectivity index (χ2v) is 5.73. The van der Waals surface area contributed by atoms with Crippen LogP contribution in [0.5, 0.6) is 0 Å². The number of rotatable bonds is 8. The molecule has 0 aromatic rings. The maximum atomic E-state index is 3.52. The molecule has 2 heteroatoms. The molecule has 0 aliphatic rings. The molecule has 0 heterocycles. The molecule has 3 unspecified atom stereocenters. The molecule has 98 valence electrons. The first-order valence-electron chi connectivity index (χ1n) is 6.82. The van der Waals surface area contributed by atoms with Crippen LogP contribution in [0.2, 0.25) is 0 Å². The van der Waals surface area contributed by atoms with Gasteiger partial charge in [0.2, 0.25) is 0 Å². The summed E-state index contributed by atoms with van der Waals surface area (Å²) in [4.78, 5) is 2.50. The van der Waals surface area contributed by atoms with Gasteiger partial charge in [-0.3, -0.25) is 0 Å². The van der Waals surface area contributed by atoms with Gasteiger partial charge < -0.3 is 10.2 Å².